The first-order valence-corrected chi connectivity index (χ1v) is 5.69. The van der Waals surface area contributed by atoms with E-state index in [1.165, 1.54) is 30.5 Å². The highest BCUT2D eigenvalue weighted by Gasteiger charge is 2.18. The summed E-state index contributed by atoms with van der Waals surface area (Å²) in [4.78, 5) is 28.2. The molecule has 0 aliphatic carbocycles. The van der Waals surface area contributed by atoms with Gasteiger partial charge in [-0.05, 0) is 30.4 Å². The van der Waals surface area contributed by atoms with Gasteiger partial charge in [0, 0.05) is 11.3 Å². The maximum atomic E-state index is 12.3. The summed E-state index contributed by atoms with van der Waals surface area (Å²) in [6.45, 7) is 0. The molecule has 0 bridgehead atoms. The molecule has 0 unspecified atom stereocenters. The molecule has 0 aromatic heterocycles. The number of Topliss-reactive ketones (excluding diaryl/α,β-unsaturated/α-hetero) is 1. The average molecular weight is 275 g/mol. The van der Waals surface area contributed by atoms with E-state index in [-0.39, 0.29) is 28.3 Å². The van der Waals surface area contributed by atoms with Gasteiger partial charge < -0.3 is 10.8 Å². The summed E-state index contributed by atoms with van der Waals surface area (Å²) < 4.78 is 0. The molecule has 0 saturated heterocycles. The van der Waals surface area contributed by atoms with Gasteiger partial charge in [-0.15, -0.1) is 0 Å². The maximum absolute atomic E-state index is 12.3. The van der Waals surface area contributed by atoms with Crippen molar-refractivity contribution in [3.05, 3.63) is 53.4 Å². The number of hydrogen-bond acceptors (Lipinski definition) is 6. The van der Waals surface area contributed by atoms with Crippen molar-refractivity contribution in [2.24, 2.45) is 0 Å². The minimum absolute atomic E-state index is 0.105. The predicted molar refractivity (Wildman–Crippen MR) is 71.4 cm³/mol. The smallest absolute Gasteiger partial charge is 0.337 e. The van der Waals surface area contributed by atoms with Gasteiger partial charge in [0.25, 0.3) is 0 Å². The molecule has 7 nitrogen and oxygen atoms in total. The minimum atomic E-state index is -1.18. The molecule has 0 fully saturated rings. The molecular weight excluding hydrogens is 262 g/mol. The fourth-order valence-corrected chi connectivity index (χ4v) is 1.68. The quantitative estimate of drug-likeness (QED) is 0.554. The Morgan fingerprint density at radius 1 is 1.40 bits per heavy atom. The topological polar surface area (TPSA) is 105 Å². The molecular formula is C13H13N3O4. The number of carboxylic acid groups (broad SMARTS) is 1. The summed E-state index contributed by atoms with van der Waals surface area (Å²) in [6, 6.07) is 4.12. The number of aromatic carboxylic acids is 1. The van der Waals surface area contributed by atoms with Gasteiger partial charge in [-0.1, -0.05) is 0 Å². The Kier molecular flexibility index (Phi) is 3.72. The number of carbonyl (C=O) groups excluding carboxylic acids is 1. The van der Waals surface area contributed by atoms with E-state index in [0.717, 1.165) is 0 Å². The third kappa shape index (κ3) is 2.62. The van der Waals surface area contributed by atoms with Gasteiger partial charge in [-0.2, -0.15) is 5.17 Å². The van der Waals surface area contributed by atoms with Crippen molar-refractivity contribution >= 4 is 17.4 Å². The third-order valence-electron chi connectivity index (χ3n) is 2.70. The number of nitrogens with zero attached hydrogens (tertiary/aromatic N) is 1. The number of nitrogens with one attached hydrogen (secondary N) is 1. The van der Waals surface area contributed by atoms with Crippen LogP contribution in [0.25, 0.3) is 0 Å². The van der Waals surface area contributed by atoms with Crippen LogP contribution >= 0.6 is 0 Å². The molecule has 0 saturated carbocycles. The van der Waals surface area contributed by atoms with Gasteiger partial charge in [0.1, 0.15) is 5.70 Å². The normalized spacial score (nSPS) is 13.7. The van der Waals surface area contributed by atoms with Gasteiger partial charge >= 0.3 is 5.97 Å². The monoisotopic (exact) mass is 275 g/mol. The predicted octanol–water partition coefficient (Wildman–Crippen LogP) is 0.929. The Morgan fingerprint density at radius 3 is 2.80 bits per heavy atom. The van der Waals surface area contributed by atoms with E-state index >= 15 is 0 Å². The van der Waals surface area contributed by atoms with Crippen molar-refractivity contribution in [1.82, 2.24) is 10.6 Å². The minimum Gasteiger partial charge on any atom is -0.478 e. The highest BCUT2D eigenvalue weighted by molar-refractivity contribution is 6.10. The summed E-state index contributed by atoms with van der Waals surface area (Å²) in [5.74, 6) is -1.54. The summed E-state index contributed by atoms with van der Waals surface area (Å²) in [5.41, 5.74) is 8.76. The molecule has 1 aromatic rings. The van der Waals surface area contributed by atoms with Gasteiger partial charge in [0.05, 0.1) is 18.9 Å². The zero-order valence-corrected chi connectivity index (χ0v) is 10.7. The Bertz CT molecular complexity index is 622. The molecule has 1 aliphatic rings. The van der Waals surface area contributed by atoms with Gasteiger partial charge in [-0.25, -0.2) is 4.79 Å². The number of hydrazine groups is 1. The Morgan fingerprint density at radius 2 is 2.15 bits per heavy atom. The van der Waals surface area contributed by atoms with Crippen molar-refractivity contribution in [3.8, 4) is 0 Å². The molecule has 1 heterocycles. The number of hydroxylamine groups is 1. The van der Waals surface area contributed by atoms with Crippen molar-refractivity contribution in [2.75, 3.05) is 12.8 Å². The van der Waals surface area contributed by atoms with Crippen molar-refractivity contribution < 1.29 is 19.5 Å². The number of nitrogens with two attached hydrogens (primary N) is 1. The molecule has 20 heavy (non-hydrogen) atoms. The molecule has 7 heteroatoms. The molecule has 1 aliphatic heterocycles. The molecule has 0 amide bonds. The fraction of sp³-hybridized carbons (Fsp3) is 0.0769. The van der Waals surface area contributed by atoms with E-state index in [0.29, 0.717) is 0 Å². The number of nitrogen functional groups attached to an aromatic ring is 1. The lowest BCUT2D eigenvalue weighted by Gasteiger charge is -2.23. The lowest BCUT2D eigenvalue weighted by molar-refractivity contribution is -0.121. The first-order chi connectivity index (χ1) is 9.52. The summed E-state index contributed by atoms with van der Waals surface area (Å²) in [7, 11) is 1.44. The molecule has 0 radical (unpaired) electrons. The number of hydrogen-bond donors (Lipinski definition) is 3. The van der Waals surface area contributed by atoms with E-state index in [1.54, 1.807) is 18.4 Å². The zero-order chi connectivity index (χ0) is 14.7. The van der Waals surface area contributed by atoms with E-state index in [4.69, 9.17) is 15.7 Å². The van der Waals surface area contributed by atoms with E-state index in [9.17, 15) is 9.59 Å². The molecule has 1 aromatic carbocycles. The Hall–Kier alpha value is -2.80. The van der Waals surface area contributed by atoms with Crippen LogP contribution in [-0.4, -0.2) is 29.1 Å². The van der Waals surface area contributed by atoms with Crippen LogP contribution in [0.3, 0.4) is 0 Å². The van der Waals surface area contributed by atoms with Crippen molar-refractivity contribution in [3.63, 3.8) is 0 Å². The number of carbonyl (C=O) groups is 2. The molecule has 104 valence electrons. The van der Waals surface area contributed by atoms with Crippen molar-refractivity contribution in [1.29, 1.82) is 0 Å². The van der Waals surface area contributed by atoms with Crippen LogP contribution in [-0.2, 0) is 4.84 Å². The summed E-state index contributed by atoms with van der Waals surface area (Å²) >= 11 is 0. The van der Waals surface area contributed by atoms with Crippen LogP contribution in [0.4, 0.5) is 5.69 Å². The first kappa shape index (κ1) is 13.6. The Labute approximate surface area is 114 Å². The van der Waals surface area contributed by atoms with Crippen LogP contribution in [0.2, 0.25) is 0 Å². The first-order valence-electron chi connectivity index (χ1n) is 5.69. The highest BCUT2D eigenvalue weighted by Crippen LogP contribution is 2.17. The summed E-state index contributed by atoms with van der Waals surface area (Å²) in [6.07, 6.45) is 4.78. The van der Waals surface area contributed by atoms with Crippen LogP contribution in [0.5, 0.6) is 0 Å². The maximum Gasteiger partial charge on any atom is 0.337 e. The van der Waals surface area contributed by atoms with Crippen LogP contribution in [0.15, 0.2) is 42.2 Å². The lowest BCUT2D eigenvalue weighted by atomic mass is 10.0. The number of anilines is 1. The van der Waals surface area contributed by atoms with Crippen molar-refractivity contribution in [2.45, 2.75) is 0 Å². The van der Waals surface area contributed by atoms with E-state index in [1.807, 2.05) is 0 Å². The SMILES string of the molecule is CON1C=CC=C(C(=O)c2ccc(N)c(C(=O)O)c2)N1. The van der Waals surface area contributed by atoms with Gasteiger partial charge in [-0.3, -0.25) is 15.1 Å². The largest absolute Gasteiger partial charge is 0.478 e. The van der Waals surface area contributed by atoms with Crippen LogP contribution < -0.4 is 11.2 Å². The second kappa shape index (κ2) is 5.45. The van der Waals surface area contributed by atoms with Crippen LogP contribution in [0, 0.1) is 0 Å². The number of benzene rings is 1. The second-order valence-corrected chi connectivity index (χ2v) is 3.98. The van der Waals surface area contributed by atoms with E-state index < -0.39 is 5.97 Å². The molecule has 0 atom stereocenters. The number of rotatable bonds is 4. The zero-order valence-electron chi connectivity index (χ0n) is 10.7. The standard InChI is InChI=1S/C13H13N3O4/c1-20-16-6-2-3-11(15-16)12(17)8-4-5-10(14)9(7-8)13(18)19/h2-7,15H,14H2,1H3,(H,18,19). The summed E-state index contributed by atoms with van der Waals surface area (Å²) in [5, 5.41) is 10.3. The lowest BCUT2D eigenvalue weighted by Crippen LogP contribution is -2.36. The Balaban J connectivity index is 2.30. The third-order valence-corrected chi connectivity index (χ3v) is 2.70. The van der Waals surface area contributed by atoms with E-state index in [2.05, 4.69) is 5.43 Å². The number of carboxylic acids is 1. The molecule has 4 N–H and O–H groups in total. The molecule has 2 rings (SSSR count). The molecule has 0 spiro atoms. The fourth-order valence-electron chi connectivity index (χ4n) is 1.68. The highest BCUT2D eigenvalue weighted by atomic mass is 16.7. The van der Waals surface area contributed by atoms with Gasteiger partial charge in [0.15, 0.2) is 0 Å². The second-order valence-electron chi connectivity index (χ2n) is 3.98. The number of allylic oxidation sites excluding steroid dienone is 3. The van der Waals surface area contributed by atoms with Gasteiger partial charge in [0.2, 0.25) is 5.78 Å². The van der Waals surface area contributed by atoms with Crippen LogP contribution in [0.1, 0.15) is 20.7 Å². The number of ketones is 1. The average Bonchev–Trinajstić information content (AvgIpc) is 2.46.